The van der Waals surface area contributed by atoms with Crippen LogP contribution in [-0.4, -0.2) is 38.9 Å². The number of benzene rings is 2. The summed E-state index contributed by atoms with van der Waals surface area (Å²) in [5, 5.41) is 0. The SMILES string of the molecule is CCN(CC)S(=O)(=O)c1ccccc1-c1ccc(C(=O)C2=CC=C[B]2)c(C)c1. The van der Waals surface area contributed by atoms with E-state index in [1.54, 1.807) is 31.6 Å². The minimum absolute atomic E-state index is 0.0295. The fourth-order valence-corrected chi connectivity index (χ4v) is 5.07. The first kappa shape index (κ1) is 20.3. The molecule has 0 aliphatic carbocycles. The van der Waals surface area contributed by atoms with Crippen molar-refractivity contribution < 1.29 is 13.2 Å². The number of carbonyl (C=O) groups is 1. The van der Waals surface area contributed by atoms with Gasteiger partial charge < -0.3 is 0 Å². The van der Waals surface area contributed by atoms with Crippen molar-refractivity contribution in [2.75, 3.05) is 13.1 Å². The van der Waals surface area contributed by atoms with Gasteiger partial charge >= 0.3 is 0 Å². The Bertz CT molecular complexity index is 1070. The van der Waals surface area contributed by atoms with E-state index in [9.17, 15) is 13.2 Å². The lowest BCUT2D eigenvalue weighted by Crippen LogP contribution is -2.31. The molecule has 0 atom stereocenters. The summed E-state index contributed by atoms with van der Waals surface area (Å²) in [5.74, 6) is 1.81. The molecule has 6 heteroatoms. The zero-order valence-electron chi connectivity index (χ0n) is 16.3. The van der Waals surface area contributed by atoms with E-state index in [1.807, 2.05) is 57.1 Å². The molecule has 1 aliphatic heterocycles. The topological polar surface area (TPSA) is 54.5 Å². The largest absolute Gasteiger partial charge is 0.290 e. The summed E-state index contributed by atoms with van der Waals surface area (Å²) in [6.07, 6.45) is 3.63. The van der Waals surface area contributed by atoms with Gasteiger partial charge in [-0.05, 0) is 29.6 Å². The Morgan fingerprint density at radius 3 is 2.39 bits per heavy atom. The van der Waals surface area contributed by atoms with Gasteiger partial charge in [0, 0.05) is 24.2 Å². The van der Waals surface area contributed by atoms with E-state index in [0.717, 1.165) is 11.1 Å². The number of carbonyl (C=O) groups excluding carboxylic acids is 1. The van der Waals surface area contributed by atoms with Crippen molar-refractivity contribution in [3.8, 4) is 11.1 Å². The maximum absolute atomic E-state index is 13.1. The van der Waals surface area contributed by atoms with Crippen molar-refractivity contribution in [3.05, 3.63) is 77.2 Å². The molecule has 2 aromatic rings. The van der Waals surface area contributed by atoms with Crippen LogP contribution in [-0.2, 0) is 10.0 Å². The molecule has 28 heavy (non-hydrogen) atoms. The highest BCUT2D eigenvalue weighted by molar-refractivity contribution is 7.89. The number of ketones is 1. The van der Waals surface area contributed by atoms with E-state index in [4.69, 9.17) is 0 Å². The molecular weight excluding hydrogens is 369 g/mol. The predicted molar refractivity (Wildman–Crippen MR) is 114 cm³/mol. The second-order valence-corrected chi connectivity index (χ2v) is 8.52. The van der Waals surface area contributed by atoms with E-state index >= 15 is 0 Å². The molecule has 0 amide bonds. The van der Waals surface area contributed by atoms with E-state index in [0.29, 0.717) is 29.7 Å². The van der Waals surface area contributed by atoms with E-state index in [2.05, 4.69) is 0 Å². The number of Topliss-reactive ketones (excluding diaryl/α,β-unsaturated/α-hetero) is 1. The molecule has 0 fully saturated rings. The van der Waals surface area contributed by atoms with Crippen molar-refractivity contribution in [3.63, 3.8) is 0 Å². The van der Waals surface area contributed by atoms with Crippen LogP contribution in [0.5, 0.6) is 0 Å². The molecule has 3 rings (SSSR count). The number of hydrogen-bond donors (Lipinski definition) is 0. The lowest BCUT2D eigenvalue weighted by atomic mass is 9.69. The summed E-state index contributed by atoms with van der Waals surface area (Å²) in [4.78, 5) is 13.0. The zero-order chi connectivity index (χ0) is 20.3. The van der Waals surface area contributed by atoms with Gasteiger partial charge in [0.2, 0.25) is 10.0 Å². The van der Waals surface area contributed by atoms with E-state index in [1.165, 1.54) is 4.31 Å². The molecule has 1 heterocycles. The Morgan fingerprint density at radius 1 is 1.07 bits per heavy atom. The molecule has 4 nitrogen and oxygen atoms in total. The minimum atomic E-state index is -3.59. The van der Waals surface area contributed by atoms with Gasteiger partial charge in [0.05, 0.1) is 4.90 Å². The van der Waals surface area contributed by atoms with Crippen LogP contribution < -0.4 is 0 Å². The Morgan fingerprint density at radius 2 is 1.79 bits per heavy atom. The Kier molecular flexibility index (Phi) is 6.01. The highest BCUT2D eigenvalue weighted by Gasteiger charge is 2.25. The number of nitrogens with zero attached hydrogens (tertiary/aromatic N) is 1. The van der Waals surface area contributed by atoms with Gasteiger partial charge in [-0.25, -0.2) is 8.42 Å². The predicted octanol–water partition coefficient (Wildman–Crippen LogP) is 3.99. The van der Waals surface area contributed by atoms with Crippen molar-refractivity contribution in [2.45, 2.75) is 25.7 Å². The number of sulfonamides is 1. The van der Waals surface area contributed by atoms with Gasteiger partial charge in [0.1, 0.15) is 0 Å². The molecule has 1 radical (unpaired) electrons. The molecular formula is C22H23BNO3S. The Hall–Kier alpha value is -2.44. The normalized spacial score (nSPS) is 13.5. The molecule has 0 aromatic heterocycles. The highest BCUT2D eigenvalue weighted by atomic mass is 32.2. The standard InChI is InChI=1S/C22H23BNO3S/c1-4-24(5-2)28(26,27)21-11-7-6-9-19(21)17-12-13-18(16(3)15-17)22(25)20-10-8-14-23-20/h6-15H,4-5H2,1-3H3. The van der Waals surface area contributed by atoms with Crippen LogP contribution in [0.15, 0.2) is 71.0 Å². The van der Waals surface area contributed by atoms with Gasteiger partial charge in [0.15, 0.2) is 13.1 Å². The van der Waals surface area contributed by atoms with Crippen LogP contribution in [0.2, 0.25) is 0 Å². The van der Waals surface area contributed by atoms with Gasteiger partial charge in [-0.1, -0.05) is 62.4 Å². The summed E-state index contributed by atoms with van der Waals surface area (Å²) in [6.45, 7) is 6.37. The number of rotatable bonds is 7. The zero-order valence-corrected chi connectivity index (χ0v) is 17.2. The highest BCUT2D eigenvalue weighted by Crippen LogP contribution is 2.31. The molecule has 2 aromatic carbocycles. The molecule has 0 N–H and O–H groups in total. The quantitative estimate of drug-likeness (QED) is 0.529. The number of allylic oxidation sites excluding steroid dienone is 3. The van der Waals surface area contributed by atoms with Crippen molar-refractivity contribution in [1.82, 2.24) is 4.31 Å². The fourth-order valence-electron chi connectivity index (χ4n) is 3.40. The number of aryl methyl sites for hydroxylation is 1. The molecule has 143 valence electrons. The van der Waals surface area contributed by atoms with Gasteiger partial charge in [-0.2, -0.15) is 4.31 Å². The third-order valence-corrected chi connectivity index (χ3v) is 7.03. The van der Waals surface area contributed by atoms with Gasteiger partial charge in [-0.3, -0.25) is 4.79 Å². The van der Waals surface area contributed by atoms with Gasteiger partial charge in [-0.15, -0.1) is 5.98 Å². The molecule has 1 aliphatic rings. The Balaban J connectivity index is 2.04. The van der Waals surface area contributed by atoms with E-state index in [-0.39, 0.29) is 10.7 Å². The lowest BCUT2D eigenvalue weighted by molar-refractivity contribution is 0.104. The first-order chi connectivity index (χ1) is 13.4. The summed E-state index contributed by atoms with van der Waals surface area (Å²) in [5.41, 5.74) is 3.52. The smallest absolute Gasteiger partial charge is 0.243 e. The summed E-state index contributed by atoms with van der Waals surface area (Å²) in [6, 6.07) is 12.5. The van der Waals surface area contributed by atoms with Crippen molar-refractivity contribution in [2.24, 2.45) is 0 Å². The summed E-state index contributed by atoms with van der Waals surface area (Å²) in [7, 11) is -1.80. The van der Waals surface area contributed by atoms with Crippen LogP contribution in [0.4, 0.5) is 0 Å². The summed E-state index contributed by atoms with van der Waals surface area (Å²) < 4.78 is 27.6. The third kappa shape index (κ3) is 3.75. The molecule has 0 spiro atoms. The second kappa shape index (κ2) is 8.29. The first-order valence-electron chi connectivity index (χ1n) is 9.36. The molecule has 0 saturated heterocycles. The van der Waals surface area contributed by atoms with Crippen LogP contribution in [0.25, 0.3) is 11.1 Å². The molecule has 0 unspecified atom stereocenters. The van der Waals surface area contributed by atoms with Crippen molar-refractivity contribution >= 4 is 23.1 Å². The fraction of sp³-hybridized carbons (Fsp3) is 0.227. The first-order valence-corrected chi connectivity index (χ1v) is 10.8. The summed E-state index contributed by atoms with van der Waals surface area (Å²) >= 11 is 0. The van der Waals surface area contributed by atoms with Gasteiger partial charge in [0.25, 0.3) is 0 Å². The minimum Gasteiger partial charge on any atom is -0.290 e. The lowest BCUT2D eigenvalue weighted by Gasteiger charge is -2.21. The number of hydrogen-bond acceptors (Lipinski definition) is 3. The maximum Gasteiger partial charge on any atom is 0.243 e. The van der Waals surface area contributed by atoms with Crippen LogP contribution in [0.1, 0.15) is 29.8 Å². The van der Waals surface area contributed by atoms with Crippen LogP contribution >= 0.6 is 0 Å². The second-order valence-electron chi connectivity index (χ2n) is 6.62. The molecule has 0 bridgehead atoms. The Labute approximate surface area is 167 Å². The van der Waals surface area contributed by atoms with E-state index < -0.39 is 10.0 Å². The third-order valence-electron chi connectivity index (χ3n) is 4.92. The maximum atomic E-state index is 13.1. The average molecular weight is 392 g/mol. The molecule has 0 saturated carbocycles. The van der Waals surface area contributed by atoms with Crippen molar-refractivity contribution in [1.29, 1.82) is 0 Å². The average Bonchev–Trinajstić information content (AvgIpc) is 3.23. The monoisotopic (exact) mass is 392 g/mol. The van der Waals surface area contributed by atoms with Crippen LogP contribution in [0, 0.1) is 6.92 Å². The van der Waals surface area contributed by atoms with Crippen LogP contribution in [0.3, 0.4) is 0 Å².